The first-order chi connectivity index (χ1) is 13.6. The summed E-state index contributed by atoms with van der Waals surface area (Å²) in [5.41, 5.74) is 2.14. The number of methoxy groups -OCH3 is 1. The van der Waals surface area contributed by atoms with Crippen LogP contribution in [-0.2, 0) is 11.3 Å². The van der Waals surface area contributed by atoms with Gasteiger partial charge in [0.25, 0.3) is 5.56 Å². The molecule has 3 aromatic rings. The molecule has 8 heteroatoms. The minimum absolute atomic E-state index is 0.172. The number of ether oxygens (including phenoxy) is 2. The summed E-state index contributed by atoms with van der Waals surface area (Å²) in [7, 11) is 1.62. The highest BCUT2D eigenvalue weighted by Gasteiger charge is 2.16. The van der Waals surface area contributed by atoms with Crippen molar-refractivity contribution in [3.8, 4) is 17.2 Å². The molecular formula is C20H22N4O4. The van der Waals surface area contributed by atoms with E-state index in [2.05, 4.69) is 15.0 Å². The van der Waals surface area contributed by atoms with Gasteiger partial charge in [-0.1, -0.05) is 6.07 Å². The smallest absolute Gasteiger partial charge is 0.269 e. The lowest BCUT2D eigenvalue weighted by atomic mass is 10.2. The van der Waals surface area contributed by atoms with Gasteiger partial charge in [-0.3, -0.25) is 4.79 Å². The van der Waals surface area contributed by atoms with E-state index in [0.717, 1.165) is 30.1 Å². The fraction of sp³-hybridized carbons (Fsp3) is 0.350. The summed E-state index contributed by atoms with van der Waals surface area (Å²) in [6.45, 7) is 4.93. The van der Waals surface area contributed by atoms with Gasteiger partial charge in [0.05, 0.1) is 38.8 Å². The summed E-state index contributed by atoms with van der Waals surface area (Å²) in [5.74, 6) is 1.87. The zero-order valence-electron chi connectivity index (χ0n) is 15.9. The van der Waals surface area contributed by atoms with Gasteiger partial charge in [0.2, 0.25) is 5.89 Å². The molecule has 3 heterocycles. The lowest BCUT2D eigenvalue weighted by Gasteiger charge is -2.28. The normalized spacial score (nSPS) is 14.3. The SMILES string of the molecule is COc1cccc(-c2nc(Cn3ncc(N4CCOCC4)cc3=O)c(C)o2)c1. The summed E-state index contributed by atoms with van der Waals surface area (Å²) in [5, 5.41) is 4.32. The van der Waals surface area contributed by atoms with Gasteiger partial charge in [-0.05, 0) is 25.1 Å². The number of aryl methyl sites for hydroxylation is 1. The zero-order chi connectivity index (χ0) is 19.5. The van der Waals surface area contributed by atoms with Crippen LogP contribution >= 0.6 is 0 Å². The maximum absolute atomic E-state index is 12.5. The van der Waals surface area contributed by atoms with Crippen molar-refractivity contribution >= 4 is 5.69 Å². The summed E-state index contributed by atoms with van der Waals surface area (Å²) in [6, 6.07) is 9.11. The fourth-order valence-corrected chi connectivity index (χ4v) is 3.13. The molecule has 1 aliphatic rings. The molecule has 4 rings (SSSR count). The van der Waals surface area contributed by atoms with Crippen LogP contribution in [0.2, 0.25) is 0 Å². The summed E-state index contributed by atoms with van der Waals surface area (Å²) in [6.07, 6.45) is 1.71. The molecule has 8 nitrogen and oxygen atoms in total. The number of hydrogen-bond acceptors (Lipinski definition) is 7. The topological polar surface area (TPSA) is 82.6 Å². The van der Waals surface area contributed by atoms with Gasteiger partial charge < -0.3 is 18.8 Å². The third-order valence-electron chi connectivity index (χ3n) is 4.74. The van der Waals surface area contributed by atoms with Crippen molar-refractivity contribution < 1.29 is 13.9 Å². The molecule has 0 aliphatic carbocycles. The van der Waals surface area contributed by atoms with E-state index in [1.165, 1.54) is 4.68 Å². The molecule has 0 saturated carbocycles. The third-order valence-corrected chi connectivity index (χ3v) is 4.74. The molecule has 0 spiro atoms. The largest absolute Gasteiger partial charge is 0.497 e. The maximum Gasteiger partial charge on any atom is 0.269 e. The molecule has 1 fully saturated rings. The summed E-state index contributed by atoms with van der Waals surface area (Å²) < 4.78 is 17.8. The minimum atomic E-state index is -0.172. The van der Waals surface area contributed by atoms with Crippen LogP contribution in [0.1, 0.15) is 11.5 Å². The average Bonchev–Trinajstić information content (AvgIpc) is 3.10. The number of morpholine rings is 1. The molecule has 0 amide bonds. The number of hydrogen-bond donors (Lipinski definition) is 0. The van der Waals surface area contributed by atoms with Crippen molar-refractivity contribution in [3.05, 3.63) is 58.3 Å². The van der Waals surface area contributed by atoms with E-state index < -0.39 is 0 Å². The molecule has 0 bridgehead atoms. The lowest BCUT2D eigenvalue weighted by molar-refractivity contribution is 0.122. The Hall–Kier alpha value is -3.13. The van der Waals surface area contributed by atoms with Crippen LogP contribution in [0, 0.1) is 6.92 Å². The summed E-state index contributed by atoms with van der Waals surface area (Å²) in [4.78, 5) is 19.2. The fourth-order valence-electron chi connectivity index (χ4n) is 3.13. The molecule has 0 N–H and O–H groups in total. The number of rotatable bonds is 5. The van der Waals surface area contributed by atoms with E-state index in [1.807, 2.05) is 31.2 Å². The number of oxazole rings is 1. The van der Waals surface area contributed by atoms with Gasteiger partial charge in [0, 0.05) is 24.7 Å². The van der Waals surface area contributed by atoms with Crippen LogP contribution in [0.3, 0.4) is 0 Å². The van der Waals surface area contributed by atoms with Crippen molar-refractivity contribution in [1.82, 2.24) is 14.8 Å². The Morgan fingerprint density at radius 2 is 2.04 bits per heavy atom. The quantitative estimate of drug-likeness (QED) is 0.668. The van der Waals surface area contributed by atoms with Crippen LogP contribution in [-0.4, -0.2) is 48.2 Å². The highest BCUT2D eigenvalue weighted by molar-refractivity contribution is 5.56. The standard InChI is InChI=1S/C20H22N4O4/c1-14-18(22-20(28-14)15-4-3-5-17(10-15)26-2)13-24-19(25)11-16(12-21-24)23-6-8-27-9-7-23/h3-5,10-12H,6-9,13H2,1-2H3. The highest BCUT2D eigenvalue weighted by atomic mass is 16.5. The Kier molecular flexibility index (Phi) is 5.12. The van der Waals surface area contributed by atoms with Gasteiger partial charge in [0.1, 0.15) is 17.2 Å². The van der Waals surface area contributed by atoms with E-state index in [-0.39, 0.29) is 12.1 Å². The lowest BCUT2D eigenvalue weighted by Crippen LogP contribution is -2.37. The molecule has 0 unspecified atom stereocenters. The minimum Gasteiger partial charge on any atom is -0.497 e. The predicted molar refractivity (Wildman–Crippen MR) is 104 cm³/mol. The molecule has 0 atom stereocenters. The van der Waals surface area contributed by atoms with Gasteiger partial charge in [-0.25, -0.2) is 9.67 Å². The van der Waals surface area contributed by atoms with Gasteiger partial charge in [-0.15, -0.1) is 0 Å². The monoisotopic (exact) mass is 382 g/mol. The Bertz CT molecular complexity index is 1020. The number of benzene rings is 1. The van der Waals surface area contributed by atoms with Crippen molar-refractivity contribution in [2.75, 3.05) is 38.3 Å². The van der Waals surface area contributed by atoms with Gasteiger partial charge in [-0.2, -0.15) is 5.10 Å². The zero-order valence-corrected chi connectivity index (χ0v) is 15.9. The molecule has 2 aromatic heterocycles. The van der Waals surface area contributed by atoms with E-state index in [1.54, 1.807) is 19.4 Å². The van der Waals surface area contributed by atoms with E-state index >= 15 is 0 Å². The van der Waals surface area contributed by atoms with Crippen LogP contribution in [0.25, 0.3) is 11.5 Å². The van der Waals surface area contributed by atoms with Crippen molar-refractivity contribution in [1.29, 1.82) is 0 Å². The average molecular weight is 382 g/mol. The van der Waals surface area contributed by atoms with Crippen molar-refractivity contribution in [3.63, 3.8) is 0 Å². The molecule has 146 valence electrons. The Labute approximate surface area is 162 Å². The second-order valence-electron chi connectivity index (χ2n) is 6.56. The second-order valence-corrected chi connectivity index (χ2v) is 6.56. The first-order valence-electron chi connectivity index (χ1n) is 9.14. The molecule has 28 heavy (non-hydrogen) atoms. The molecule has 1 saturated heterocycles. The third kappa shape index (κ3) is 3.77. The Balaban J connectivity index is 1.56. The first-order valence-corrected chi connectivity index (χ1v) is 9.14. The van der Waals surface area contributed by atoms with Gasteiger partial charge >= 0.3 is 0 Å². The van der Waals surface area contributed by atoms with Crippen LogP contribution in [0.15, 0.2) is 45.7 Å². The second kappa shape index (κ2) is 7.85. The molecule has 0 radical (unpaired) electrons. The first kappa shape index (κ1) is 18.2. The maximum atomic E-state index is 12.5. The van der Waals surface area contributed by atoms with Crippen LogP contribution in [0.4, 0.5) is 5.69 Å². The Morgan fingerprint density at radius 1 is 1.21 bits per heavy atom. The number of aromatic nitrogens is 3. The molecule has 1 aromatic carbocycles. The molecular weight excluding hydrogens is 360 g/mol. The van der Waals surface area contributed by atoms with Crippen molar-refractivity contribution in [2.24, 2.45) is 0 Å². The van der Waals surface area contributed by atoms with Gasteiger partial charge in [0.15, 0.2) is 0 Å². The predicted octanol–water partition coefficient (Wildman–Crippen LogP) is 2.10. The number of anilines is 1. The van der Waals surface area contributed by atoms with E-state index in [9.17, 15) is 4.79 Å². The summed E-state index contributed by atoms with van der Waals surface area (Å²) >= 11 is 0. The molecule has 1 aliphatic heterocycles. The van der Waals surface area contributed by atoms with E-state index in [4.69, 9.17) is 13.9 Å². The highest BCUT2D eigenvalue weighted by Crippen LogP contribution is 2.25. The Morgan fingerprint density at radius 3 is 2.79 bits per heavy atom. The van der Waals surface area contributed by atoms with Crippen LogP contribution < -0.4 is 15.2 Å². The van der Waals surface area contributed by atoms with E-state index in [0.29, 0.717) is 30.6 Å². The van der Waals surface area contributed by atoms with Crippen molar-refractivity contribution in [2.45, 2.75) is 13.5 Å². The van der Waals surface area contributed by atoms with Crippen LogP contribution in [0.5, 0.6) is 5.75 Å². The number of nitrogens with zero attached hydrogens (tertiary/aromatic N) is 4.